The van der Waals surface area contributed by atoms with Crippen LogP contribution in [0.5, 0.6) is 0 Å². The lowest BCUT2D eigenvalue weighted by atomic mass is 10.1. The third kappa shape index (κ3) is 7.47. The molecule has 12 nitrogen and oxygen atoms in total. The summed E-state index contributed by atoms with van der Waals surface area (Å²) in [6.07, 6.45) is 2.88. The lowest BCUT2D eigenvalue weighted by Crippen LogP contribution is -2.68. The Bertz CT molecular complexity index is 2130. The van der Waals surface area contributed by atoms with E-state index in [2.05, 4.69) is 60.0 Å². The molecule has 0 aliphatic carbocycles. The Balaban J connectivity index is 1.43. The number of amides is 2. The molecule has 14 heteroatoms. The third-order valence-corrected chi connectivity index (χ3v) is 16.4. The van der Waals surface area contributed by atoms with E-state index in [-0.39, 0.29) is 46.9 Å². The van der Waals surface area contributed by atoms with Crippen LogP contribution in [0.15, 0.2) is 109 Å². The summed E-state index contributed by atoms with van der Waals surface area (Å²) in [5.74, 6) is -0.953. The number of hydrogen-bond acceptors (Lipinski definition) is 10. The summed E-state index contributed by atoms with van der Waals surface area (Å²) in [7, 11) is -6.95. The molecule has 0 bridgehead atoms. The molecule has 0 saturated carbocycles. The van der Waals surface area contributed by atoms with Crippen LogP contribution in [-0.4, -0.2) is 64.7 Å². The summed E-state index contributed by atoms with van der Waals surface area (Å²) in [5, 5.41) is 2.08. The molecule has 2 amide bonds. The minimum atomic E-state index is -3.77. The number of allylic oxidation sites excluding steroid dienone is 1. The minimum Gasteiger partial charge on any atom is -0.408 e. The molecule has 1 atom stereocenters. The fourth-order valence-electron chi connectivity index (χ4n) is 6.74. The van der Waals surface area contributed by atoms with Gasteiger partial charge >= 0.3 is 7.60 Å². The second-order valence-electron chi connectivity index (χ2n) is 14.7. The summed E-state index contributed by atoms with van der Waals surface area (Å²) in [6.45, 7) is 15.4. The van der Waals surface area contributed by atoms with Crippen LogP contribution in [0.1, 0.15) is 76.1 Å². The van der Waals surface area contributed by atoms with Gasteiger partial charge in [-0.1, -0.05) is 93.6 Å². The third-order valence-electron chi connectivity index (χ3n) is 8.97. The molecule has 3 heterocycles. The lowest BCUT2D eigenvalue weighted by Gasteiger charge is -2.44. The smallest absolute Gasteiger partial charge is 0.357 e. The number of hydrogen-bond donors (Lipinski definition) is 0. The number of imidazole rings is 1. The Morgan fingerprint density at radius 2 is 1.31 bits per heavy atom. The van der Waals surface area contributed by atoms with Gasteiger partial charge in [0.15, 0.2) is 11.3 Å². The van der Waals surface area contributed by atoms with Gasteiger partial charge in [0.1, 0.15) is 25.4 Å². The highest BCUT2D eigenvalue weighted by atomic mass is 31.2. The van der Waals surface area contributed by atoms with E-state index in [4.69, 9.17) is 18.3 Å². The molecule has 282 valence electrons. The molecule has 0 N–H and O–H groups in total. The van der Waals surface area contributed by atoms with Gasteiger partial charge in [0.2, 0.25) is 5.65 Å². The largest absolute Gasteiger partial charge is 0.408 e. The zero-order valence-corrected chi connectivity index (χ0v) is 33.7. The zero-order valence-electron chi connectivity index (χ0n) is 31.8. The fourth-order valence-corrected chi connectivity index (χ4v) is 13.2. The molecule has 1 aliphatic rings. The van der Waals surface area contributed by atoms with Crippen molar-refractivity contribution in [2.45, 2.75) is 78.7 Å². The summed E-state index contributed by atoms with van der Waals surface area (Å²) in [6, 6.07) is 27.0. The second-order valence-corrected chi connectivity index (χ2v) is 21.0. The van der Waals surface area contributed by atoms with Crippen LogP contribution in [0.25, 0.3) is 11.2 Å². The van der Waals surface area contributed by atoms with E-state index in [1.165, 1.54) is 17.4 Å². The number of benzene rings is 3. The van der Waals surface area contributed by atoms with Crippen molar-refractivity contribution >= 4 is 55.1 Å². The number of imide groups is 1. The summed E-state index contributed by atoms with van der Waals surface area (Å²) in [5.41, 5.74) is 1.01. The number of aromatic nitrogens is 4. The van der Waals surface area contributed by atoms with Gasteiger partial charge in [-0.15, -0.1) is 0 Å². The molecule has 2 aromatic heterocycles. The SMILES string of the molecule is C/C(=C\C(COn1cnc2c(N3C(=O)c4ccccc4C3=O)ncnc21)O[Si](c1ccccc1)(c1ccccc1)C(C)(C)C)P(=O)(OC(C)C)OC(C)C. The van der Waals surface area contributed by atoms with E-state index >= 15 is 0 Å². The van der Waals surface area contributed by atoms with Gasteiger partial charge in [0.05, 0.1) is 23.3 Å². The van der Waals surface area contributed by atoms with Gasteiger partial charge in [0, 0.05) is 5.31 Å². The van der Waals surface area contributed by atoms with Gasteiger partial charge in [-0.3, -0.25) is 14.2 Å². The van der Waals surface area contributed by atoms with Crippen molar-refractivity contribution in [3.8, 4) is 0 Å². The second kappa shape index (κ2) is 15.5. The average molecular weight is 768 g/mol. The highest BCUT2D eigenvalue weighted by Crippen LogP contribution is 2.58. The topological polar surface area (TPSA) is 135 Å². The molecule has 1 unspecified atom stereocenters. The van der Waals surface area contributed by atoms with E-state index in [1.54, 1.807) is 37.3 Å². The first-order chi connectivity index (χ1) is 25.7. The standard InChI is InChI=1S/C40H46N5O7PSi/c1-27(2)50-53(48,51-28(3)4)29(5)23-30(52-54(40(6,7)8,31-17-11-9-12-18-31)32-19-13-10-14-20-32)24-49-44-26-43-35-36(44)41-25-42-37(35)45-38(46)33-21-15-16-22-34(33)39(45)47/h9-23,25-28,30H,24H2,1-8H3/b29-23+. The number of fused-ring (bicyclic) bond motifs is 2. The molecular weight excluding hydrogens is 722 g/mol. The van der Waals surface area contributed by atoms with Crippen molar-refractivity contribution in [2.24, 2.45) is 0 Å². The molecule has 3 aromatic carbocycles. The Morgan fingerprint density at radius 3 is 1.81 bits per heavy atom. The van der Waals surface area contributed by atoms with Crippen LogP contribution in [0, 0.1) is 0 Å². The van der Waals surface area contributed by atoms with E-state index in [1.807, 2.05) is 64.1 Å². The highest BCUT2D eigenvalue weighted by Gasteiger charge is 2.51. The van der Waals surface area contributed by atoms with Gasteiger partial charge < -0.3 is 18.3 Å². The van der Waals surface area contributed by atoms with Crippen molar-refractivity contribution < 1.29 is 32.5 Å². The zero-order chi connectivity index (χ0) is 38.8. The van der Waals surface area contributed by atoms with Crippen LogP contribution >= 0.6 is 7.60 Å². The number of carbonyl (C=O) groups is 2. The maximum absolute atomic E-state index is 14.4. The van der Waals surface area contributed by atoms with Gasteiger partial charge in [-0.05, 0) is 68.2 Å². The van der Waals surface area contributed by atoms with Crippen LogP contribution in [0.3, 0.4) is 0 Å². The molecule has 0 spiro atoms. The lowest BCUT2D eigenvalue weighted by molar-refractivity contribution is 0.0574. The maximum atomic E-state index is 14.4. The Morgan fingerprint density at radius 1 is 0.796 bits per heavy atom. The van der Waals surface area contributed by atoms with Gasteiger partial charge in [0.25, 0.3) is 20.1 Å². The normalized spacial score (nSPS) is 14.7. The average Bonchev–Trinajstić information content (AvgIpc) is 3.66. The van der Waals surface area contributed by atoms with E-state index in [0.29, 0.717) is 5.31 Å². The van der Waals surface area contributed by atoms with E-state index in [0.717, 1.165) is 15.3 Å². The monoisotopic (exact) mass is 767 g/mol. The summed E-state index contributed by atoms with van der Waals surface area (Å²) in [4.78, 5) is 47.3. The minimum absolute atomic E-state index is 0.0435. The first-order valence-electron chi connectivity index (χ1n) is 17.9. The molecule has 0 saturated heterocycles. The van der Waals surface area contributed by atoms with Crippen LogP contribution in [-0.2, 0) is 18.0 Å². The van der Waals surface area contributed by atoms with E-state index < -0.39 is 38.9 Å². The number of rotatable bonds is 14. The van der Waals surface area contributed by atoms with Crippen molar-refractivity contribution in [1.82, 2.24) is 19.7 Å². The quantitative estimate of drug-likeness (QED) is 0.0664. The molecule has 54 heavy (non-hydrogen) atoms. The summed E-state index contributed by atoms with van der Waals surface area (Å²) >= 11 is 0. The number of anilines is 1. The van der Waals surface area contributed by atoms with Crippen molar-refractivity contribution in [3.05, 3.63) is 120 Å². The van der Waals surface area contributed by atoms with Gasteiger partial charge in [-0.25, -0.2) is 19.9 Å². The maximum Gasteiger partial charge on any atom is 0.357 e. The Kier molecular flexibility index (Phi) is 11.2. The Hall–Kier alpha value is -4.78. The predicted molar refractivity (Wildman–Crippen MR) is 211 cm³/mol. The first kappa shape index (κ1) is 38.9. The van der Waals surface area contributed by atoms with Gasteiger partial charge in [-0.2, -0.15) is 4.73 Å². The molecule has 1 aliphatic heterocycles. The van der Waals surface area contributed by atoms with Crippen LogP contribution < -0.4 is 20.1 Å². The summed E-state index contributed by atoms with van der Waals surface area (Å²) < 4.78 is 35.2. The number of nitrogens with zero attached hydrogens (tertiary/aromatic N) is 5. The number of carbonyl (C=O) groups excluding carboxylic acids is 2. The molecule has 0 fully saturated rings. The van der Waals surface area contributed by atoms with Crippen molar-refractivity contribution in [2.75, 3.05) is 11.5 Å². The molecule has 5 aromatic rings. The Labute approximate surface area is 316 Å². The van der Waals surface area contributed by atoms with Crippen molar-refractivity contribution in [1.29, 1.82) is 0 Å². The molecule has 6 rings (SSSR count). The van der Waals surface area contributed by atoms with E-state index in [9.17, 15) is 14.2 Å². The molecular formula is C40H46N5O7PSi. The van der Waals surface area contributed by atoms with Crippen LogP contribution in [0.4, 0.5) is 5.82 Å². The van der Waals surface area contributed by atoms with Crippen LogP contribution in [0.2, 0.25) is 5.04 Å². The molecule has 0 radical (unpaired) electrons. The van der Waals surface area contributed by atoms with Crippen molar-refractivity contribution in [3.63, 3.8) is 0 Å². The highest BCUT2D eigenvalue weighted by molar-refractivity contribution is 7.58. The first-order valence-corrected chi connectivity index (χ1v) is 21.3. The fraction of sp³-hybridized carbons (Fsp3) is 0.325. The predicted octanol–water partition coefficient (Wildman–Crippen LogP) is 6.95.